The van der Waals surface area contributed by atoms with Crippen LogP contribution in [0.3, 0.4) is 0 Å². The van der Waals surface area contributed by atoms with E-state index in [1.165, 1.54) is 23.2 Å². The minimum absolute atomic E-state index is 0.211. The third-order valence-electron chi connectivity index (χ3n) is 3.56. The van der Waals surface area contributed by atoms with Crippen LogP contribution in [0.4, 0.5) is 0 Å². The Bertz CT molecular complexity index is 455. The molecule has 0 N–H and O–H groups in total. The van der Waals surface area contributed by atoms with Gasteiger partial charge in [0, 0.05) is 18.3 Å². The van der Waals surface area contributed by atoms with E-state index < -0.39 is 0 Å². The van der Waals surface area contributed by atoms with Crippen molar-refractivity contribution in [2.75, 3.05) is 0 Å². The highest BCUT2D eigenvalue weighted by atomic mass is 16.1. The maximum Gasteiger partial charge on any atom is 0.254 e. The molecule has 0 radical (unpaired) electrons. The normalized spacial score (nSPS) is 14.7. The Kier molecular flexibility index (Phi) is 2.45. The van der Waals surface area contributed by atoms with Gasteiger partial charge in [0.1, 0.15) is 0 Å². The van der Waals surface area contributed by atoms with Gasteiger partial charge in [-0.1, -0.05) is 13.8 Å². The van der Waals surface area contributed by atoms with E-state index in [2.05, 4.69) is 20.8 Å². The summed E-state index contributed by atoms with van der Waals surface area (Å²) in [6.07, 6.45) is 3.42. The van der Waals surface area contributed by atoms with Crippen LogP contribution in [0.25, 0.3) is 0 Å². The summed E-state index contributed by atoms with van der Waals surface area (Å²) in [4.78, 5) is 12.2. The number of hydrogen-bond acceptors (Lipinski definition) is 1. The molecule has 0 fully saturated rings. The van der Waals surface area contributed by atoms with Crippen molar-refractivity contribution < 1.29 is 0 Å². The van der Waals surface area contributed by atoms with Gasteiger partial charge < -0.3 is 4.57 Å². The largest absolute Gasteiger partial charge is 0.315 e. The van der Waals surface area contributed by atoms with Crippen LogP contribution in [-0.4, -0.2) is 4.57 Å². The van der Waals surface area contributed by atoms with Gasteiger partial charge in [-0.05, 0) is 43.2 Å². The maximum atomic E-state index is 12.2. The van der Waals surface area contributed by atoms with Crippen LogP contribution >= 0.6 is 0 Å². The standard InChI is InChI=1S/C13H19NO/c1-8(2)12-9(3)10-6-5-7-11(10)14(4)13(12)15/h8H,5-7H2,1-4H3. The van der Waals surface area contributed by atoms with Crippen molar-refractivity contribution in [3.05, 3.63) is 32.7 Å². The molecule has 82 valence electrons. The summed E-state index contributed by atoms with van der Waals surface area (Å²) in [5.74, 6) is 0.328. The average molecular weight is 205 g/mol. The zero-order valence-corrected chi connectivity index (χ0v) is 10.1. The highest BCUT2D eigenvalue weighted by molar-refractivity contribution is 5.40. The Labute approximate surface area is 90.9 Å². The van der Waals surface area contributed by atoms with Gasteiger partial charge in [-0.3, -0.25) is 4.79 Å². The lowest BCUT2D eigenvalue weighted by Gasteiger charge is -2.16. The fourth-order valence-corrected chi connectivity index (χ4v) is 2.81. The lowest BCUT2D eigenvalue weighted by atomic mass is 9.95. The molecule has 2 nitrogen and oxygen atoms in total. The first kappa shape index (κ1) is 10.5. The minimum atomic E-state index is 0.211. The van der Waals surface area contributed by atoms with Gasteiger partial charge in [-0.15, -0.1) is 0 Å². The molecule has 0 aliphatic heterocycles. The number of hydrogen-bond donors (Lipinski definition) is 0. The van der Waals surface area contributed by atoms with Crippen LogP contribution in [0.1, 0.15) is 48.6 Å². The van der Waals surface area contributed by atoms with Gasteiger partial charge in [0.2, 0.25) is 0 Å². The molecular formula is C13H19NO. The molecule has 1 aromatic rings. The summed E-state index contributed by atoms with van der Waals surface area (Å²) in [5, 5.41) is 0. The number of nitrogens with zero attached hydrogens (tertiary/aromatic N) is 1. The molecule has 2 heteroatoms. The van der Waals surface area contributed by atoms with Crippen LogP contribution in [0.2, 0.25) is 0 Å². The average Bonchev–Trinajstić information content (AvgIpc) is 2.62. The Morgan fingerprint density at radius 3 is 2.53 bits per heavy atom. The Morgan fingerprint density at radius 1 is 1.27 bits per heavy atom. The van der Waals surface area contributed by atoms with Crippen LogP contribution in [0, 0.1) is 6.92 Å². The Hall–Kier alpha value is -1.05. The van der Waals surface area contributed by atoms with Crippen molar-refractivity contribution in [1.29, 1.82) is 0 Å². The zero-order valence-electron chi connectivity index (χ0n) is 10.1. The molecule has 1 aliphatic carbocycles. The molecule has 0 unspecified atom stereocenters. The Balaban J connectivity index is 2.79. The molecule has 0 saturated heterocycles. The highest BCUT2D eigenvalue weighted by Crippen LogP contribution is 2.27. The lowest BCUT2D eigenvalue weighted by Crippen LogP contribution is -2.26. The molecule has 2 rings (SSSR count). The molecule has 0 bridgehead atoms. The molecule has 0 atom stereocenters. The molecule has 0 spiro atoms. The van der Waals surface area contributed by atoms with Gasteiger partial charge in [-0.25, -0.2) is 0 Å². The van der Waals surface area contributed by atoms with Crippen molar-refractivity contribution in [2.45, 2.75) is 46.0 Å². The Morgan fingerprint density at radius 2 is 1.93 bits per heavy atom. The summed E-state index contributed by atoms with van der Waals surface area (Å²) < 4.78 is 1.87. The molecule has 1 heterocycles. The van der Waals surface area contributed by atoms with Gasteiger partial charge >= 0.3 is 0 Å². The number of aromatic nitrogens is 1. The summed E-state index contributed by atoms with van der Waals surface area (Å²) in [6.45, 7) is 6.32. The smallest absolute Gasteiger partial charge is 0.254 e. The van der Waals surface area contributed by atoms with E-state index in [-0.39, 0.29) is 5.56 Å². The quantitative estimate of drug-likeness (QED) is 0.689. The van der Waals surface area contributed by atoms with Crippen LogP contribution in [0.15, 0.2) is 4.79 Å². The first-order valence-corrected chi connectivity index (χ1v) is 5.75. The maximum absolute atomic E-state index is 12.2. The third kappa shape index (κ3) is 1.43. The van der Waals surface area contributed by atoms with Gasteiger partial charge in [-0.2, -0.15) is 0 Å². The van der Waals surface area contributed by atoms with Crippen LogP contribution in [0.5, 0.6) is 0 Å². The number of pyridine rings is 1. The molecule has 0 amide bonds. The molecule has 1 aromatic heterocycles. The van der Waals surface area contributed by atoms with E-state index in [9.17, 15) is 4.79 Å². The van der Waals surface area contributed by atoms with Crippen LogP contribution < -0.4 is 5.56 Å². The van der Waals surface area contributed by atoms with E-state index >= 15 is 0 Å². The second-order valence-electron chi connectivity index (χ2n) is 4.84. The summed E-state index contributed by atoms with van der Waals surface area (Å²) in [7, 11) is 1.91. The minimum Gasteiger partial charge on any atom is -0.315 e. The lowest BCUT2D eigenvalue weighted by molar-refractivity contribution is 0.734. The molecule has 1 aliphatic rings. The molecule has 0 aromatic carbocycles. The van der Waals surface area contributed by atoms with E-state index in [0.29, 0.717) is 5.92 Å². The molecule has 0 saturated carbocycles. The molecule has 15 heavy (non-hydrogen) atoms. The summed E-state index contributed by atoms with van der Waals surface area (Å²) >= 11 is 0. The van der Waals surface area contributed by atoms with Gasteiger partial charge in [0.05, 0.1) is 0 Å². The van der Waals surface area contributed by atoms with Gasteiger partial charge in [0.15, 0.2) is 0 Å². The zero-order chi connectivity index (χ0) is 11.2. The molecular weight excluding hydrogens is 186 g/mol. The van der Waals surface area contributed by atoms with E-state index in [1.54, 1.807) is 0 Å². The summed E-state index contributed by atoms with van der Waals surface area (Å²) in [6, 6.07) is 0. The first-order chi connectivity index (χ1) is 7.04. The third-order valence-corrected chi connectivity index (χ3v) is 3.56. The van der Waals surface area contributed by atoms with Crippen molar-refractivity contribution in [2.24, 2.45) is 7.05 Å². The second-order valence-corrected chi connectivity index (χ2v) is 4.84. The number of rotatable bonds is 1. The fraction of sp³-hybridized carbons (Fsp3) is 0.615. The van der Waals surface area contributed by atoms with E-state index in [1.807, 2.05) is 11.6 Å². The second kappa shape index (κ2) is 3.51. The SMILES string of the molecule is Cc1c2c(n(C)c(=O)c1C(C)C)CCC2. The predicted octanol–water partition coefficient (Wildman–Crippen LogP) is 2.31. The topological polar surface area (TPSA) is 22.0 Å². The van der Waals surface area contributed by atoms with Gasteiger partial charge in [0.25, 0.3) is 5.56 Å². The first-order valence-electron chi connectivity index (χ1n) is 5.75. The van der Waals surface area contributed by atoms with Crippen molar-refractivity contribution in [1.82, 2.24) is 4.57 Å². The monoisotopic (exact) mass is 205 g/mol. The fourth-order valence-electron chi connectivity index (χ4n) is 2.81. The van der Waals surface area contributed by atoms with E-state index in [4.69, 9.17) is 0 Å². The van der Waals surface area contributed by atoms with Crippen molar-refractivity contribution >= 4 is 0 Å². The number of fused-ring (bicyclic) bond motifs is 1. The highest BCUT2D eigenvalue weighted by Gasteiger charge is 2.22. The van der Waals surface area contributed by atoms with Crippen molar-refractivity contribution in [3.8, 4) is 0 Å². The van der Waals surface area contributed by atoms with Crippen LogP contribution in [-0.2, 0) is 19.9 Å². The van der Waals surface area contributed by atoms with E-state index in [0.717, 1.165) is 18.4 Å². The van der Waals surface area contributed by atoms with Crippen molar-refractivity contribution in [3.63, 3.8) is 0 Å². The predicted molar refractivity (Wildman–Crippen MR) is 62.5 cm³/mol. The summed E-state index contributed by atoms with van der Waals surface area (Å²) in [5.41, 5.74) is 5.17.